The molecule has 122 valence electrons. The molecule has 0 atom stereocenters. The topological polar surface area (TPSA) is 0 Å². The van der Waals surface area contributed by atoms with E-state index in [2.05, 4.69) is 67.8 Å². The van der Waals surface area contributed by atoms with Crippen molar-refractivity contribution >= 4 is 20.4 Å². The monoisotopic (exact) mass is 448 g/mol. The fourth-order valence-corrected chi connectivity index (χ4v) is 10.4. The van der Waals surface area contributed by atoms with Gasteiger partial charge >= 0.3 is 135 Å². The van der Waals surface area contributed by atoms with Gasteiger partial charge in [0.2, 0.25) is 0 Å². The Bertz CT molecular complexity index is 520. The van der Waals surface area contributed by atoms with Crippen LogP contribution in [0.2, 0.25) is 39.3 Å². The van der Waals surface area contributed by atoms with Crippen LogP contribution in [0, 0.1) is 0 Å². The van der Waals surface area contributed by atoms with Crippen LogP contribution in [-0.4, -0.2) is 20.4 Å². The van der Waals surface area contributed by atoms with Crippen molar-refractivity contribution in [2.75, 3.05) is 0 Å². The zero-order chi connectivity index (χ0) is 15.1. The second-order valence-electron chi connectivity index (χ2n) is 8.04. The Balaban J connectivity index is 0.00000220. The van der Waals surface area contributed by atoms with E-state index in [0.717, 1.165) is 0 Å². The summed E-state index contributed by atoms with van der Waals surface area (Å²) in [6.45, 7) is 14.7. The Hall–Kier alpha value is 0.727. The van der Waals surface area contributed by atoms with Crippen molar-refractivity contribution < 1.29 is 46.1 Å². The van der Waals surface area contributed by atoms with Gasteiger partial charge < -0.3 is 24.8 Å². The molecular formula is C17H28Cl2Si2Zr. The van der Waals surface area contributed by atoms with E-state index < -0.39 is 37.4 Å². The van der Waals surface area contributed by atoms with Gasteiger partial charge in [-0.2, -0.15) is 0 Å². The number of allylic oxidation sites excluding steroid dienone is 8. The first-order valence-corrected chi connectivity index (χ1v) is 18.8. The maximum absolute atomic E-state index is 4.66. The molecule has 0 aromatic heterocycles. The average Bonchev–Trinajstić information content (AvgIpc) is 2.96. The number of hydrogen-bond donors (Lipinski definition) is 0. The minimum absolute atomic E-state index is 0. The molecule has 0 fully saturated rings. The molecule has 0 nitrogen and oxygen atoms in total. The molecule has 0 amide bonds. The van der Waals surface area contributed by atoms with Crippen molar-refractivity contribution in [2.45, 2.75) is 52.1 Å². The predicted molar refractivity (Wildman–Crippen MR) is 95.4 cm³/mol. The summed E-state index contributed by atoms with van der Waals surface area (Å²) >= 11 is -1.74. The van der Waals surface area contributed by atoms with Crippen molar-refractivity contribution in [1.82, 2.24) is 0 Å². The second kappa shape index (κ2) is 8.21. The smallest absolute Gasteiger partial charge is 1.00 e. The molecule has 2 aliphatic carbocycles. The fraction of sp³-hybridized carbons (Fsp3) is 0.471. The van der Waals surface area contributed by atoms with Crippen molar-refractivity contribution in [3.8, 4) is 0 Å². The molecule has 2 rings (SSSR count). The van der Waals surface area contributed by atoms with E-state index in [1.807, 2.05) is 0 Å². The first-order valence-electron chi connectivity index (χ1n) is 7.61. The Kier molecular flexibility index (Phi) is 8.48. The molecule has 0 bridgehead atoms. The molecule has 0 radical (unpaired) electrons. The van der Waals surface area contributed by atoms with Crippen LogP contribution in [0.5, 0.6) is 0 Å². The third kappa shape index (κ3) is 5.38. The van der Waals surface area contributed by atoms with Crippen LogP contribution in [0.1, 0.15) is 12.8 Å². The SMILES string of the molecule is [CH2]=[Zr+2]([C]1=CC([Si](C)(C)C)=CC1)[C]1=CC([Si](C)(C)C)=CC1.[Cl-].[Cl-]. The Morgan fingerprint density at radius 3 is 1.32 bits per heavy atom. The van der Waals surface area contributed by atoms with E-state index in [1.165, 1.54) is 12.8 Å². The molecule has 2 aliphatic rings. The van der Waals surface area contributed by atoms with Crippen molar-refractivity contribution in [2.24, 2.45) is 0 Å². The van der Waals surface area contributed by atoms with E-state index in [-0.39, 0.29) is 24.8 Å². The van der Waals surface area contributed by atoms with Crippen LogP contribution >= 0.6 is 0 Å². The molecule has 0 heterocycles. The molecule has 0 N–H and O–H groups in total. The third-order valence-electron chi connectivity index (χ3n) is 4.25. The van der Waals surface area contributed by atoms with E-state index in [4.69, 9.17) is 0 Å². The van der Waals surface area contributed by atoms with Crippen LogP contribution in [0.4, 0.5) is 0 Å². The Morgan fingerprint density at radius 2 is 1.09 bits per heavy atom. The van der Waals surface area contributed by atoms with Crippen LogP contribution in [0.25, 0.3) is 0 Å². The van der Waals surface area contributed by atoms with Crippen LogP contribution < -0.4 is 24.8 Å². The standard InChI is InChI=1S/2C8H13Si.CH2.2ClH.Zr/c2*1-9(2,3)8-6-4-5-7-8;;;;/h2*6-7H,4H2,1-3H3;1H2;2*1H;/q;;;;;+2/p-2. The molecule has 0 aromatic rings. The molecule has 0 saturated heterocycles. The summed E-state index contributed by atoms with van der Waals surface area (Å²) in [6, 6.07) is 0. The predicted octanol–water partition coefficient (Wildman–Crippen LogP) is -0.773. The quantitative estimate of drug-likeness (QED) is 0.494. The van der Waals surface area contributed by atoms with Gasteiger partial charge in [0.25, 0.3) is 0 Å². The third-order valence-corrected chi connectivity index (χ3v) is 13.9. The normalized spacial score (nSPS) is 17.3. The van der Waals surface area contributed by atoms with E-state index >= 15 is 0 Å². The minimum atomic E-state index is -1.74. The number of halogens is 2. The molecule has 0 aromatic carbocycles. The van der Waals surface area contributed by atoms with Gasteiger partial charge in [-0.15, -0.1) is 0 Å². The van der Waals surface area contributed by atoms with Gasteiger partial charge in [0.05, 0.1) is 0 Å². The summed E-state index contributed by atoms with van der Waals surface area (Å²) in [5, 5.41) is 3.32. The molecular weight excluding hydrogens is 422 g/mol. The van der Waals surface area contributed by atoms with Crippen LogP contribution in [0.15, 0.2) is 41.3 Å². The molecule has 0 unspecified atom stereocenters. The summed E-state index contributed by atoms with van der Waals surface area (Å²) in [4.78, 5) is 0. The summed E-state index contributed by atoms with van der Waals surface area (Å²) < 4.78 is 8.11. The van der Waals surface area contributed by atoms with Gasteiger partial charge in [0, 0.05) is 0 Å². The number of rotatable bonds is 4. The first-order chi connectivity index (χ1) is 9.09. The van der Waals surface area contributed by atoms with Crippen molar-refractivity contribution in [3.05, 3.63) is 41.3 Å². The molecule has 0 saturated carbocycles. The van der Waals surface area contributed by atoms with E-state index in [9.17, 15) is 0 Å². The summed E-state index contributed by atoms with van der Waals surface area (Å²) in [5.74, 6) is 0. The first kappa shape index (κ1) is 22.7. The second-order valence-corrected chi connectivity index (χ2v) is 23.7. The Labute approximate surface area is 158 Å². The van der Waals surface area contributed by atoms with Gasteiger partial charge in [0.1, 0.15) is 0 Å². The maximum atomic E-state index is 4.66. The zero-order valence-electron chi connectivity index (χ0n) is 14.7. The molecule has 22 heavy (non-hydrogen) atoms. The van der Waals surface area contributed by atoms with Crippen LogP contribution in [-0.2, 0) is 21.3 Å². The van der Waals surface area contributed by atoms with Gasteiger partial charge in [-0.25, -0.2) is 0 Å². The summed E-state index contributed by atoms with van der Waals surface area (Å²) in [5.41, 5.74) is 0. The van der Waals surface area contributed by atoms with Gasteiger partial charge in [-0.05, 0) is 0 Å². The van der Waals surface area contributed by atoms with E-state index in [0.29, 0.717) is 0 Å². The average molecular weight is 451 g/mol. The largest absolute Gasteiger partial charge is 1.00 e. The van der Waals surface area contributed by atoms with Gasteiger partial charge in [-0.1, -0.05) is 0 Å². The Morgan fingerprint density at radius 1 is 0.773 bits per heavy atom. The van der Waals surface area contributed by atoms with Gasteiger partial charge in [-0.3, -0.25) is 0 Å². The van der Waals surface area contributed by atoms with Crippen molar-refractivity contribution in [3.63, 3.8) is 0 Å². The van der Waals surface area contributed by atoms with Gasteiger partial charge in [0.15, 0.2) is 0 Å². The number of hydrogen-bond acceptors (Lipinski definition) is 0. The summed E-state index contributed by atoms with van der Waals surface area (Å²) in [7, 11) is -2.26. The molecule has 0 spiro atoms. The maximum Gasteiger partial charge on any atom is -1.00 e. The molecule has 0 aliphatic heterocycles. The molecule has 5 heteroatoms. The zero-order valence-corrected chi connectivity index (χ0v) is 20.7. The summed E-state index contributed by atoms with van der Waals surface area (Å²) in [6.07, 6.45) is 12.5. The van der Waals surface area contributed by atoms with Crippen molar-refractivity contribution in [1.29, 1.82) is 0 Å². The minimum Gasteiger partial charge on any atom is -1.00 e. The fourth-order valence-electron chi connectivity index (χ4n) is 2.72. The van der Waals surface area contributed by atoms with E-state index in [1.54, 1.807) is 17.0 Å². The van der Waals surface area contributed by atoms with Crippen LogP contribution in [0.3, 0.4) is 0 Å².